The highest BCUT2D eigenvalue weighted by Gasteiger charge is 2.43. The molecule has 0 radical (unpaired) electrons. The molecule has 3 heterocycles. The molecular formula is C27H31Cl2FN4O3. The number of fused-ring (bicyclic) bond motifs is 1. The maximum absolute atomic E-state index is 13.7. The normalized spacial score (nSPS) is 16.7. The number of rotatable bonds is 6. The van der Waals surface area contributed by atoms with Gasteiger partial charge in [0, 0.05) is 31.6 Å². The van der Waals surface area contributed by atoms with Crippen LogP contribution in [-0.4, -0.2) is 44.4 Å². The van der Waals surface area contributed by atoms with E-state index in [4.69, 9.17) is 0 Å². The monoisotopic (exact) mass is 548 g/mol. The lowest BCUT2D eigenvalue weighted by atomic mass is 9.68. The highest BCUT2D eigenvalue weighted by molar-refractivity contribution is 6.04. The van der Waals surface area contributed by atoms with E-state index in [1.807, 2.05) is 30.3 Å². The summed E-state index contributed by atoms with van der Waals surface area (Å²) in [7, 11) is 0. The molecular weight excluding hydrogens is 518 g/mol. The van der Waals surface area contributed by atoms with Gasteiger partial charge in [0.05, 0.1) is 5.41 Å². The second-order valence-electron chi connectivity index (χ2n) is 9.48. The fourth-order valence-electron chi connectivity index (χ4n) is 5.41. The fourth-order valence-corrected chi connectivity index (χ4v) is 5.41. The number of hydrogen-bond acceptors (Lipinski definition) is 5. The number of ketones is 1. The van der Waals surface area contributed by atoms with Crippen LogP contribution in [0.25, 0.3) is 0 Å². The molecule has 1 aromatic heterocycles. The second kappa shape index (κ2) is 12.2. The van der Waals surface area contributed by atoms with E-state index in [1.165, 1.54) is 16.7 Å². The molecule has 0 spiro atoms. The van der Waals surface area contributed by atoms with Gasteiger partial charge in [-0.1, -0.05) is 30.3 Å². The van der Waals surface area contributed by atoms with E-state index < -0.39 is 11.1 Å². The number of piperidine rings is 1. The number of halogens is 3. The number of aryl methyl sites for hydroxylation is 1. The van der Waals surface area contributed by atoms with Crippen LogP contribution in [-0.2, 0) is 24.9 Å². The number of aromatic nitrogens is 3. The Kier molecular flexibility index (Phi) is 9.45. The minimum atomic E-state index is -0.695. The number of Topliss-reactive ketones (excluding diaryl/α,β-unsaturated/α-hetero) is 1. The zero-order valence-electron chi connectivity index (χ0n) is 20.5. The average Bonchev–Trinajstić information content (AvgIpc) is 2.89. The predicted molar refractivity (Wildman–Crippen MR) is 145 cm³/mol. The molecule has 2 aromatic carbocycles. The van der Waals surface area contributed by atoms with Crippen molar-refractivity contribution < 1.29 is 9.18 Å². The van der Waals surface area contributed by atoms with Crippen LogP contribution in [0.15, 0.2) is 64.2 Å². The molecule has 37 heavy (non-hydrogen) atoms. The van der Waals surface area contributed by atoms with Crippen molar-refractivity contribution in [1.82, 2.24) is 19.0 Å². The quantitative estimate of drug-likeness (QED) is 0.439. The summed E-state index contributed by atoms with van der Waals surface area (Å²) in [5.74, 6) is 0.220. The van der Waals surface area contributed by atoms with Crippen molar-refractivity contribution >= 4 is 30.6 Å². The Labute approximate surface area is 227 Å². The smallest absolute Gasteiger partial charge is 0.301 e. The second-order valence-corrected chi connectivity index (χ2v) is 9.48. The molecule has 1 saturated heterocycles. The minimum Gasteiger partial charge on any atom is -0.301 e. The van der Waals surface area contributed by atoms with E-state index in [-0.39, 0.29) is 48.6 Å². The number of carbonyl (C=O) groups excluding carboxylic acids is 1. The van der Waals surface area contributed by atoms with E-state index >= 15 is 0 Å². The summed E-state index contributed by atoms with van der Waals surface area (Å²) in [4.78, 5) is 45.4. The number of nitrogens with zero attached hydrogens (tertiary/aromatic N) is 4. The van der Waals surface area contributed by atoms with Gasteiger partial charge >= 0.3 is 11.4 Å². The molecule has 5 rings (SSSR count). The van der Waals surface area contributed by atoms with Gasteiger partial charge in [-0.05, 0) is 68.6 Å². The van der Waals surface area contributed by atoms with Crippen molar-refractivity contribution in [2.75, 3.05) is 19.6 Å². The van der Waals surface area contributed by atoms with Crippen LogP contribution in [0.1, 0.15) is 47.4 Å². The Morgan fingerprint density at radius 2 is 1.57 bits per heavy atom. The molecule has 10 heteroatoms. The zero-order valence-corrected chi connectivity index (χ0v) is 22.1. The van der Waals surface area contributed by atoms with Crippen LogP contribution in [0.4, 0.5) is 4.39 Å². The maximum Gasteiger partial charge on any atom is 0.353 e. The van der Waals surface area contributed by atoms with Crippen LogP contribution in [0, 0.1) is 5.82 Å². The number of benzene rings is 2. The molecule has 0 N–H and O–H groups in total. The first kappa shape index (κ1) is 28.8. The van der Waals surface area contributed by atoms with Gasteiger partial charge < -0.3 is 4.90 Å². The summed E-state index contributed by atoms with van der Waals surface area (Å²) >= 11 is 0. The highest BCUT2D eigenvalue weighted by Crippen LogP contribution is 2.38. The minimum absolute atomic E-state index is 0. The van der Waals surface area contributed by atoms with Gasteiger partial charge in [-0.3, -0.25) is 9.36 Å². The van der Waals surface area contributed by atoms with Gasteiger partial charge in [0.2, 0.25) is 0 Å². The lowest BCUT2D eigenvalue weighted by Crippen LogP contribution is -2.50. The Hall–Kier alpha value is -2.81. The molecule has 198 valence electrons. The summed E-state index contributed by atoms with van der Waals surface area (Å²) < 4.78 is 16.3. The molecule has 7 nitrogen and oxygen atoms in total. The standard InChI is InChI=1S/C27H29FN4O3.2ClH/c28-22-11-9-20(10-12-22)24(33)27(21-6-2-1-3-7-21)13-16-30(17-14-27)18-19-32-25(34)29-23-8-4-5-15-31(23)26(32)35;;/h1-3,6-7,9-12H,4-5,8,13-19H2;2*1H. The van der Waals surface area contributed by atoms with Crippen LogP contribution < -0.4 is 11.4 Å². The van der Waals surface area contributed by atoms with Gasteiger partial charge in [-0.25, -0.2) is 18.5 Å². The molecule has 0 bridgehead atoms. The molecule has 0 atom stereocenters. The molecule has 0 unspecified atom stereocenters. The molecule has 3 aromatic rings. The number of likely N-dealkylation sites (tertiary alicyclic amines) is 1. The third kappa shape index (κ3) is 5.71. The first-order valence-corrected chi connectivity index (χ1v) is 12.3. The van der Waals surface area contributed by atoms with Crippen LogP contribution >= 0.6 is 24.8 Å². The van der Waals surface area contributed by atoms with Crippen molar-refractivity contribution in [3.63, 3.8) is 0 Å². The van der Waals surface area contributed by atoms with Crippen molar-refractivity contribution in [3.05, 3.63) is 98.3 Å². The number of carbonyl (C=O) groups is 1. The first-order chi connectivity index (χ1) is 17.0. The molecule has 0 saturated carbocycles. The predicted octanol–water partition coefficient (Wildman–Crippen LogP) is 3.64. The zero-order chi connectivity index (χ0) is 24.4. The van der Waals surface area contributed by atoms with Gasteiger partial charge in [-0.15, -0.1) is 24.8 Å². The highest BCUT2D eigenvalue weighted by atomic mass is 35.5. The molecule has 1 fully saturated rings. The van der Waals surface area contributed by atoms with Gasteiger partial charge in [0.1, 0.15) is 11.6 Å². The lowest BCUT2D eigenvalue weighted by Gasteiger charge is -2.41. The Morgan fingerprint density at radius 1 is 0.892 bits per heavy atom. The lowest BCUT2D eigenvalue weighted by molar-refractivity contribution is 0.0766. The Bertz CT molecular complexity index is 1330. The largest absolute Gasteiger partial charge is 0.353 e. The summed E-state index contributed by atoms with van der Waals surface area (Å²) in [6, 6.07) is 15.5. The van der Waals surface area contributed by atoms with E-state index in [0.29, 0.717) is 56.8 Å². The third-order valence-corrected chi connectivity index (χ3v) is 7.48. The topological polar surface area (TPSA) is 77.2 Å². The summed E-state index contributed by atoms with van der Waals surface area (Å²) in [6.45, 7) is 2.71. The average molecular weight is 549 g/mol. The first-order valence-electron chi connectivity index (χ1n) is 12.3. The van der Waals surface area contributed by atoms with E-state index in [0.717, 1.165) is 18.4 Å². The maximum atomic E-state index is 13.7. The van der Waals surface area contributed by atoms with Crippen molar-refractivity contribution in [2.24, 2.45) is 0 Å². The van der Waals surface area contributed by atoms with Crippen LogP contribution in [0.5, 0.6) is 0 Å². The summed E-state index contributed by atoms with van der Waals surface area (Å²) in [5.41, 5.74) is 0.0112. The Morgan fingerprint density at radius 3 is 2.24 bits per heavy atom. The van der Waals surface area contributed by atoms with Gasteiger partial charge in [-0.2, -0.15) is 4.98 Å². The van der Waals surface area contributed by atoms with E-state index in [1.54, 1.807) is 16.7 Å². The van der Waals surface area contributed by atoms with Crippen molar-refractivity contribution in [3.8, 4) is 0 Å². The number of hydrogen-bond donors (Lipinski definition) is 0. The van der Waals surface area contributed by atoms with Crippen LogP contribution in [0.3, 0.4) is 0 Å². The summed E-state index contributed by atoms with van der Waals surface area (Å²) in [6.07, 6.45) is 3.74. The van der Waals surface area contributed by atoms with Crippen molar-refractivity contribution in [1.29, 1.82) is 0 Å². The van der Waals surface area contributed by atoms with Crippen molar-refractivity contribution in [2.45, 2.75) is 50.6 Å². The SMILES string of the molecule is Cl.Cl.O=C(c1ccc(F)cc1)C1(c2ccccc2)CCN(CCn2c(=O)nc3n(c2=O)CCCC3)CC1. The Balaban J connectivity index is 0.00000190. The molecule has 0 aliphatic carbocycles. The molecule has 2 aliphatic heterocycles. The third-order valence-electron chi connectivity index (χ3n) is 7.48. The van der Waals surface area contributed by atoms with Crippen LogP contribution in [0.2, 0.25) is 0 Å². The van der Waals surface area contributed by atoms with Gasteiger partial charge in [0.25, 0.3) is 0 Å². The fraction of sp³-hybridized carbons (Fsp3) is 0.407. The van der Waals surface area contributed by atoms with Gasteiger partial charge in [0.15, 0.2) is 5.78 Å². The van der Waals surface area contributed by atoms with E-state index in [2.05, 4.69) is 9.88 Å². The van der Waals surface area contributed by atoms with E-state index in [9.17, 15) is 18.8 Å². The molecule has 2 aliphatic rings. The molecule has 0 amide bonds. The summed E-state index contributed by atoms with van der Waals surface area (Å²) in [5, 5.41) is 0.